The number of hydrogen-bond donors (Lipinski definition) is 0. The minimum atomic E-state index is -1.16. The smallest absolute Gasteiger partial charge is 0.339 e. The second-order valence-corrected chi connectivity index (χ2v) is 15.8. The molecule has 0 aromatic rings. The third-order valence-corrected chi connectivity index (χ3v) is 15.4. The zero-order valence-corrected chi connectivity index (χ0v) is 18.9. The van der Waals surface area contributed by atoms with Crippen molar-refractivity contribution in [1.82, 2.24) is 0 Å². The van der Waals surface area contributed by atoms with Crippen molar-refractivity contribution < 1.29 is 18.9 Å². The Labute approximate surface area is 161 Å². The fourth-order valence-corrected chi connectivity index (χ4v) is 10.0. The maximum atomic E-state index is 5.30. The summed E-state index contributed by atoms with van der Waals surface area (Å²) in [5, 5.41) is 0.514. The van der Waals surface area contributed by atoms with Gasteiger partial charge in [0.2, 0.25) is 0 Å². The van der Waals surface area contributed by atoms with Crippen LogP contribution in [0.15, 0.2) is 0 Å². The van der Waals surface area contributed by atoms with Gasteiger partial charge in [0.15, 0.2) is 0 Å². The number of thioether (sulfide) groups is 2. The van der Waals surface area contributed by atoms with Crippen molar-refractivity contribution >= 4 is 65.8 Å². The van der Waals surface area contributed by atoms with Crippen LogP contribution < -0.4 is 18.9 Å². The monoisotopic (exact) mass is 444 g/mol. The van der Waals surface area contributed by atoms with Gasteiger partial charge in [-0.3, -0.25) is 0 Å². The molecule has 19 heavy (non-hydrogen) atoms. The van der Waals surface area contributed by atoms with Crippen LogP contribution in [0.1, 0.15) is 33.6 Å². The number of rotatable bonds is 3. The minimum Gasteiger partial charge on any atom is -0.339 e. The third-order valence-electron chi connectivity index (χ3n) is 3.41. The van der Waals surface area contributed by atoms with Gasteiger partial charge in [0.25, 0.3) is 0 Å². The molecule has 0 atom stereocenters. The molecule has 1 aliphatic heterocycles. The Morgan fingerprint density at radius 2 is 1.68 bits per heavy atom. The van der Waals surface area contributed by atoms with Gasteiger partial charge in [-0.15, -0.1) is 11.6 Å². The molecular weight excluding hydrogens is 418 g/mol. The van der Waals surface area contributed by atoms with E-state index in [2.05, 4.69) is 80.0 Å². The predicted octanol–water partition coefficient (Wildman–Crippen LogP) is 3.45. The van der Waals surface area contributed by atoms with Gasteiger partial charge in [0, 0.05) is 10.3 Å². The summed E-state index contributed by atoms with van der Waals surface area (Å²) in [6.07, 6.45) is 2.54. The summed E-state index contributed by atoms with van der Waals surface area (Å²) >= 11 is 11.9. The molecule has 0 N–H and O–H groups in total. The van der Waals surface area contributed by atoms with Gasteiger partial charge in [0.05, 0.1) is 0 Å². The number of hydrogen-bond acceptors (Lipinski definition) is 2. The van der Waals surface area contributed by atoms with Crippen molar-refractivity contribution in [3.8, 4) is 0 Å². The molecule has 1 heterocycles. The van der Waals surface area contributed by atoms with E-state index >= 15 is 0 Å². The third kappa shape index (κ3) is 9.30. The Bertz CT molecular complexity index is 217. The quantitative estimate of drug-likeness (QED) is 0.283. The molecule has 6 heteroatoms. The van der Waals surface area contributed by atoms with E-state index in [4.69, 9.17) is 11.6 Å². The Morgan fingerprint density at radius 3 is 1.95 bits per heavy atom. The zero-order valence-electron chi connectivity index (χ0n) is 13.3. The molecule has 0 amide bonds. The van der Waals surface area contributed by atoms with Crippen molar-refractivity contribution in [2.24, 2.45) is 0 Å². The van der Waals surface area contributed by atoms with Gasteiger partial charge >= 0.3 is 18.9 Å². The largest absolute Gasteiger partial charge is 1.00 e. The van der Waals surface area contributed by atoms with Crippen molar-refractivity contribution in [2.75, 3.05) is 21.8 Å². The Morgan fingerprint density at radius 1 is 1.21 bits per heavy atom. The van der Waals surface area contributed by atoms with E-state index < -0.39 is 8.07 Å². The normalized spacial score (nSPS) is 17.2. The number of alkyl halides is 2. The van der Waals surface area contributed by atoms with E-state index in [0.29, 0.717) is 5.04 Å². The molecule has 0 aromatic heterocycles. The summed E-state index contributed by atoms with van der Waals surface area (Å²) in [7, 11) is -1.16. The van der Waals surface area contributed by atoms with Crippen molar-refractivity contribution in [1.29, 1.82) is 0 Å². The predicted molar refractivity (Wildman–Crippen MR) is 104 cm³/mol. The molecule has 0 aromatic carbocycles. The maximum absolute atomic E-state index is 5.30. The summed E-state index contributed by atoms with van der Waals surface area (Å²) in [6, 6.07) is 0. The van der Waals surface area contributed by atoms with Gasteiger partial charge in [0.1, 0.15) is 0 Å². The van der Waals surface area contributed by atoms with Gasteiger partial charge in [-0.1, -0.05) is 69.6 Å². The average molecular weight is 445 g/mol. The second kappa shape index (κ2) is 12.0. The maximum Gasteiger partial charge on any atom is 1.00 e. The minimum absolute atomic E-state index is 0. The summed E-state index contributed by atoms with van der Waals surface area (Å²) < 4.78 is 2.97. The summed E-state index contributed by atoms with van der Waals surface area (Å²) in [6.45, 7) is 12.3. The topological polar surface area (TPSA) is 0 Å². The standard InChI is InChI=1S/C10H21S2Si.C3H6ClI.Li/c1-10(2,3)13(4,5)9-11-7-6-8-12-9;4-2-1-3-5;/h6-8H2,1-5H3;1-3H2;/q-1;;+1. The molecule has 0 spiro atoms. The molecule has 0 unspecified atom stereocenters. The fraction of sp³-hybridized carbons (Fsp3) is 0.923. The van der Waals surface area contributed by atoms with Crippen LogP contribution in [0.4, 0.5) is 0 Å². The molecule has 0 saturated carbocycles. The fourth-order valence-electron chi connectivity index (χ4n) is 1.15. The van der Waals surface area contributed by atoms with Crippen molar-refractivity contribution in [2.45, 2.75) is 51.7 Å². The van der Waals surface area contributed by atoms with E-state index in [1.54, 1.807) is 4.21 Å². The van der Waals surface area contributed by atoms with Crippen LogP contribution in [0, 0.1) is 4.21 Å². The molecule has 1 rings (SSSR count). The molecular formula is C13H27ClILiS2Si. The van der Waals surface area contributed by atoms with Crippen LogP contribution in [0.3, 0.4) is 0 Å². The molecule has 0 bridgehead atoms. The first-order valence-corrected chi connectivity index (χ1v) is 13.6. The van der Waals surface area contributed by atoms with Crippen LogP contribution in [-0.2, 0) is 0 Å². The Hall–Kier alpha value is 2.53. The van der Waals surface area contributed by atoms with E-state index in [0.717, 1.165) is 12.3 Å². The first-order valence-electron chi connectivity index (χ1n) is 6.52. The summed E-state index contributed by atoms with van der Waals surface area (Å²) in [4.78, 5) is 0. The van der Waals surface area contributed by atoms with Crippen molar-refractivity contribution in [3.63, 3.8) is 0 Å². The van der Waals surface area contributed by atoms with Gasteiger partial charge < -0.3 is 23.5 Å². The molecule has 110 valence electrons. The van der Waals surface area contributed by atoms with Crippen molar-refractivity contribution in [3.05, 3.63) is 4.21 Å². The van der Waals surface area contributed by atoms with Gasteiger partial charge in [-0.25, -0.2) is 4.21 Å². The Balaban J connectivity index is 0. The second-order valence-electron chi connectivity index (χ2n) is 5.94. The van der Waals surface area contributed by atoms with Gasteiger partial charge in [-0.2, -0.15) is 0 Å². The molecule has 1 fully saturated rings. The van der Waals surface area contributed by atoms with Crippen LogP contribution in [0.5, 0.6) is 0 Å². The van der Waals surface area contributed by atoms with Crippen LogP contribution in [0.25, 0.3) is 0 Å². The molecule has 0 nitrogen and oxygen atoms in total. The van der Waals surface area contributed by atoms with E-state index in [1.165, 1.54) is 22.4 Å². The summed E-state index contributed by atoms with van der Waals surface area (Å²) in [5.41, 5.74) is 0. The van der Waals surface area contributed by atoms with E-state index in [-0.39, 0.29) is 18.9 Å². The zero-order chi connectivity index (χ0) is 14.2. The Kier molecular flexibility index (Phi) is 15.1. The molecule has 0 aliphatic carbocycles. The van der Waals surface area contributed by atoms with Gasteiger partial charge in [-0.05, 0) is 24.3 Å². The SMILES string of the molecule is CC(C)(C)[Si](C)(C)[C-]1SCCCS1.ClCCCI.[Li+]. The van der Waals surface area contributed by atoms with Crippen LogP contribution >= 0.6 is 57.7 Å². The van der Waals surface area contributed by atoms with E-state index in [1.807, 2.05) is 0 Å². The summed E-state index contributed by atoms with van der Waals surface area (Å²) in [5.74, 6) is 3.52. The molecule has 0 radical (unpaired) electrons. The molecule has 1 aliphatic rings. The molecule has 1 saturated heterocycles. The average Bonchev–Trinajstić information content (AvgIpc) is 2.30. The number of halogens is 2. The van der Waals surface area contributed by atoms with E-state index in [9.17, 15) is 0 Å². The first-order chi connectivity index (χ1) is 8.27. The van der Waals surface area contributed by atoms with Crippen LogP contribution in [0.2, 0.25) is 18.1 Å². The first kappa shape index (κ1) is 23.8. The van der Waals surface area contributed by atoms with Crippen LogP contribution in [-0.4, -0.2) is 29.9 Å².